The normalized spacial score (nSPS) is 13.2. The summed E-state index contributed by atoms with van der Waals surface area (Å²) < 4.78 is 17.0. The molecule has 0 unspecified atom stereocenters. The maximum Gasteiger partial charge on any atom is 0.371 e. The highest BCUT2D eigenvalue weighted by Gasteiger charge is 2.17. The van der Waals surface area contributed by atoms with Crippen LogP contribution in [0.4, 0.5) is 5.69 Å². The smallest absolute Gasteiger partial charge is 0.371 e. The van der Waals surface area contributed by atoms with Gasteiger partial charge in [0.15, 0.2) is 0 Å². The highest BCUT2D eigenvalue weighted by atomic mass is 16.5. The first-order chi connectivity index (χ1) is 15.2. The molecule has 6 heteroatoms. The summed E-state index contributed by atoms with van der Waals surface area (Å²) in [6, 6.07) is 24.1. The number of rotatable bonds is 8. The maximum absolute atomic E-state index is 11.5. The molecule has 6 nitrogen and oxygen atoms in total. The molecule has 0 bridgehead atoms. The van der Waals surface area contributed by atoms with Gasteiger partial charge < -0.3 is 24.2 Å². The van der Waals surface area contributed by atoms with Gasteiger partial charge in [-0.15, -0.1) is 0 Å². The molecule has 1 aliphatic heterocycles. The second-order valence-electron chi connectivity index (χ2n) is 6.95. The Morgan fingerprint density at radius 1 is 0.968 bits per heavy atom. The van der Waals surface area contributed by atoms with Gasteiger partial charge >= 0.3 is 5.97 Å². The molecule has 0 saturated heterocycles. The second-order valence-corrected chi connectivity index (χ2v) is 6.95. The molecule has 0 radical (unpaired) electrons. The van der Waals surface area contributed by atoms with Gasteiger partial charge in [-0.1, -0.05) is 42.5 Å². The van der Waals surface area contributed by atoms with Crippen molar-refractivity contribution in [2.45, 2.75) is 0 Å². The molecule has 0 saturated carbocycles. The highest BCUT2D eigenvalue weighted by molar-refractivity contribution is 5.90. The van der Waals surface area contributed by atoms with Crippen LogP contribution in [0, 0.1) is 0 Å². The van der Waals surface area contributed by atoms with E-state index in [1.54, 1.807) is 36.4 Å². The molecule has 1 N–H and O–H groups in total. The summed E-state index contributed by atoms with van der Waals surface area (Å²) in [5, 5.41) is 9.43. The Morgan fingerprint density at radius 2 is 1.71 bits per heavy atom. The second kappa shape index (κ2) is 9.71. The third-order valence-electron chi connectivity index (χ3n) is 4.81. The van der Waals surface area contributed by atoms with Gasteiger partial charge in [-0.05, 0) is 48.0 Å². The first-order valence-electron chi connectivity index (χ1n) is 10.1. The minimum absolute atomic E-state index is 0.147. The first-order valence-corrected chi connectivity index (χ1v) is 10.1. The Kier molecular flexibility index (Phi) is 6.38. The number of fused-ring (bicyclic) bond motifs is 1. The predicted molar refractivity (Wildman–Crippen MR) is 119 cm³/mol. The summed E-state index contributed by atoms with van der Waals surface area (Å²) in [5.74, 6) is 0.818. The summed E-state index contributed by atoms with van der Waals surface area (Å²) in [7, 11) is 0. The van der Waals surface area contributed by atoms with Crippen LogP contribution in [0.5, 0.6) is 17.2 Å². The number of nitrogens with zero attached hydrogens (tertiary/aromatic N) is 1. The van der Waals surface area contributed by atoms with E-state index in [2.05, 4.69) is 4.90 Å². The zero-order chi connectivity index (χ0) is 21.5. The van der Waals surface area contributed by atoms with E-state index in [1.807, 2.05) is 42.5 Å². The Hall–Kier alpha value is -3.93. The first kappa shape index (κ1) is 20.3. The molecule has 3 aromatic rings. The van der Waals surface area contributed by atoms with E-state index >= 15 is 0 Å². The summed E-state index contributed by atoms with van der Waals surface area (Å²) in [4.78, 5) is 13.8. The monoisotopic (exact) mass is 417 g/mol. The van der Waals surface area contributed by atoms with E-state index in [9.17, 15) is 9.90 Å². The molecule has 0 atom stereocenters. The van der Waals surface area contributed by atoms with Crippen molar-refractivity contribution < 1.29 is 24.1 Å². The molecule has 0 spiro atoms. The number of carboxylic acids is 1. The van der Waals surface area contributed by atoms with Crippen LogP contribution in [0.25, 0.3) is 6.08 Å². The summed E-state index contributed by atoms with van der Waals surface area (Å²) in [5.41, 5.74) is 1.79. The van der Waals surface area contributed by atoms with Gasteiger partial charge in [0, 0.05) is 0 Å². The van der Waals surface area contributed by atoms with Crippen molar-refractivity contribution in [3.63, 3.8) is 0 Å². The fourth-order valence-electron chi connectivity index (χ4n) is 3.29. The number of aliphatic carboxylic acids is 1. The number of ether oxygens (including phenoxy) is 3. The van der Waals surface area contributed by atoms with Crippen LogP contribution < -0.4 is 19.1 Å². The van der Waals surface area contributed by atoms with Crippen molar-refractivity contribution >= 4 is 17.7 Å². The Balaban J connectivity index is 1.35. The number of para-hydroxylation sites is 3. The average molecular weight is 417 g/mol. The minimum Gasteiger partial charge on any atom is -0.492 e. The number of carboxylic acid groups (broad SMARTS) is 1. The van der Waals surface area contributed by atoms with Crippen molar-refractivity contribution in [1.82, 2.24) is 0 Å². The molecular weight excluding hydrogens is 394 g/mol. The molecule has 0 fully saturated rings. The van der Waals surface area contributed by atoms with Crippen LogP contribution in [0.1, 0.15) is 5.56 Å². The molecule has 0 aliphatic carbocycles. The zero-order valence-electron chi connectivity index (χ0n) is 16.9. The largest absolute Gasteiger partial charge is 0.492 e. The third-order valence-corrected chi connectivity index (χ3v) is 4.81. The van der Waals surface area contributed by atoms with Crippen molar-refractivity contribution in [2.24, 2.45) is 0 Å². The van der Waals surface area contributed by atoms with Gasteiger partial charge in [-0.2, -0.15) is 0 Å². The fourth-order valence-corrected chi connectivity index (χ4v) is 3.29. The van der Waals surface area contributed by atoms with E-state index in [-0.39, 0.29) is 5.76 Å². The van der Waals surface area contributed by atoms with Gasteiger partial charge in [-0.3, -0.25) is 0 Å². The van der Waals surface area contributed by atoms with E-state index in [0.29, 0.717) is 24.5 Å². The summed E-state index contributed by atoms with van der Waals surface area (Å²) in [6.45, 7) is 2.76. The molecule has 1 heterocycles. The quantitative estimate of drug-likeness (QED) is 0.431. The van der Waals surface area contributed by atoms with Gasteiger partial charge in [0.1, 0.15) is 30.5 Å². The Labute approximate surface area is 180 Å². The lowest BCUT2D eigenvalue weighted by molar-refractivity contribution is -0.134. The average Bonchev–Trinajstić information content (AvgIpc) is 2.80. The summed E-state index contributed by atoms with van der Waals surface area (Å²) >= 11 is 0. The number of benzene rings is 3. The highest BCUT2D eigenvalue weighted by Crippen LogP contribution is 2.30. The van der Waals surface area contributed by atoms with Crippen LogP contribution in [0.2, 0.25) is 0 Å². The molecule has 0 aromatic heterocycles. The molecule has 3 aromatic carbocycles. The Morgan fingerprint density at radius 3 is 2.48 bits per heavy atom. The topological polar surface area (TPSA) is 68.2 Å². The minimum atomic E-state index is -1.13. The van der Waals surface area contributed by atoms with Crippen molar-refractivity contribution in [1.29, 1.82) is 0 Å². The lowest BCUT2D eigenvalue weighted by atomic mass is 10.2. The van der Waals surface area contributed by atoms with Crippen LogP contribution in [-0.4, -0.2) is 37.4 Å². The number of hydrogen-bond donors (Lipinski definition) is 1. The maximum atomic E-state index is 11.5. The lowest BCUT2D eigenvalue weighted by Gasteiger charge is -2.31. The number of anilines is 1. The molecule has 31 heavy (non-hydrogen) atoms. The number of hydrogen-bond acceptors (Lipinski definition) is 5. The Bertz CT molecular complexity index is 1050. The van der Waals surface area contributed by atoms with Gasteiger partial charge in [0.25, 0.3) is 0 Å². The van der Waals surface area contributed by atoms with Gasteiger partial charge in [0.2, 0.25) is 5.76 Å². The van der Waals surface area contributed by atoms with E-state index in [4.69, 9.17) is 14.2 Å². The third kappa shape index (κ3) is 5.36. The molecular formula is C25H23NO5. The van der Waals surface area contributed by atoms with Crippen LogP contribution in [-0.2, 0) is 4.79 Å². The van der Waals surface area contributed by atoms with E-state index in [0.717, 1.165) is 30.3 Å². The lowest BCUT2D eigenvalue weighted by Crippen LogP contribution is -2.35. The van der Waals surface area contributed by atoms with Gasteiger partial charge in [0.05, 0.1) is 18.8 Å². The van der Waals surface area contributed by atoms with E-state index in [1.165, 1.54) is 6.08 Å². The predicted octanol–water partition coefficient (Wildman–Crippen LogP) is 4.47. The van der Waals surface area contributed by atoms with Crippen molar-refractivity contribution in [3.05, 3.63) is 90.2 Å². The SMILES string of the molecule is O=C(O)/C(=C\c1ccc(OCCN2CCOc3ccccc32)cc1)Oc1ccccc1. The molecule has 4 rings (SSSR count). The van der Waals surface area contributed by atoms with E-state index < -0.39 is 5.97 Å². The standard InChI is InChI=1S/C25H23NO5/c27-25(28)24(31-21-6-2-1-3-7-21)18-19-10-12-20(13-11-19)29-16-14-26-15-17-30-23-9-5-4-8-22(23)26/h1-13,18H,14-17H2,(H,27,28)/b24-18+. The molecule has 158 valence electrons. The van der Waals surface area contributed by atoms with Crippen molar-refractivity contribution in [2.75, 3.05) is 31.2 Å². The van der Waals surface area contributed by atoms with Crippen LogP contribution in [0.3, 0.4) is 0 Å². The fraction of sp³-hybridized carbons (Fsp3) is 0.160. The summed E-state index contributed by atoms with van der Waals surface area (Å²) in [6.07, 6.45) is 1.49. The zero-order valence-corrected chi connectivity index (χ0v) is 16.9. The van der Waals surface area contributed by atoms with Gasteiger partial charge in [-0.25, -0.2) is 4.79 Å². The van der Waals surface area contributed by atoms with Crippen LogP contribution >= 0.6 is 0 Å². The molecule has 0 amide bonds. The molecule has 1 aliphatic rings. The number of carbonyl (C=O) groups is 1. The van der Waals surface area contributed by atoms with Crippen LogP contribution in [0.15, 0.2) is 84.6 Å². The van der Waals surface area contributed by atoms with Crippen molar-refractivity contribution in [3.8, 4) is 17.2 Å².